The number of hydrogen-bond donors (Lipinski definition) is 3. The number of piperazine rings is 1. The quantitative estimate of drug-likeness (QED) is 0.323. The van der Waals surface area contributed by atoms with E-state index in [0.29, 0.717) is 53.3 Å². The Morgan fingerprint density at radius 1 is 1.16 bits per heavy atom. The van der Waals surface area contributed by atoms with Crippen LogP contribution in [-0.4, -0.2) is 62.9 Å². The minimum atomic E-state index is -5.08. The number of nitrogens with one attached hydrogen (secondary N) is 2. The number of halogens is 8. The molecule has 1 aliphatic carbocycles. The van der Waals surface area contributed by atoms with Crippen LogP contribution < -0.4 is 21.0 Å². The predicted molar refractivity (Wildman–Crippen MR) is 151 cm³/mol. The number of aryl methyl sites for hydroxylation is 1. The van der Waals surface area contributed by atoms with Crippen LogP contribution >= 0.6 is 15.9 Å². The molecular formula is C27H26BrF7N6O4. The molecule has 2 aromatic heterocycles. The molecule has 1 aromatic carbocycles. The van der Waals surface area contributed by atoms with Crippen LogP contribution in [0.4, 0.5) is 42.1 Å². The Balaban J connectivity index is 0.000000591. The highest BCUT2D eigenvalue weighted by Gasteiger charge is 2.41. The van der Waals surface area contributed by atoms with Crippen molar-refractivity contribution in [1.29, 1.82) is 0 Å². The number of hydrogen-bond acceptors (Lipinski definition) is 7. The average Bonchev–Trinajstić information content (AvgIpc) is 2.92. The minimum Gasteiger partial charge on any atom is -0.475 e. The third kappa shape index (κ3) is 7.21. The number of anilines is 2. The Labute approximate surface area is 258 Å². The molecule has 5 rings (SSSR count). The lowest BCUT2D eigenvalue weighted by atomic mass is 9.83. The van der Waals surface area contributed by atoms with E-state index in [2.05, 4.69) is 41.4 Å². The number of carboxylic acid groups (broad SMARTS) is 1. The van der Waals surface area contributed by atoms with Gasteiger partial charge in [-0.05, 0) is 60.3 Å². The monoisotopic (exact) mass is 710 g/mol. The molecule has 45 heavy (non-hydrogen) atoms. The van der Waals surface area contributed by atoms with E-state index in [1.807, 2.05) is 6.92 Å². The fraction of sp³-hybridized carbons (Fsp3) is 0.444. The number of carboxylic acids is 1. The van der Waals surface area contributed by atoms with Crippen molar-refractivity contribution in [3.63, 3.8) is 0 Å². The van der Waals surface area contributed by atoms with Gasteiger partial charge in [-0.25, -0.2) is 19.2 Å². The van der Waals surface area contributed by atoms with Crippen LogP contribution in [0.3, 0.4) is 0 Å². The van der Waals surface area contributed by atoms with Crippen LogP contribution in [-0.2, 0) is 28.7 Å². The molecule has 2 fully saturated rings. The van der Waals surface area contributed by atoms with Gasteiger partial charge in [0.25, 0.3) is 0 Å². The second kappa shape index (κ2) is 12.9. The second-order valence-electron chi connectivity index (χ2n) is 10.3. The maximum absolute atomic E-state index is 14.4. The molecule has 1 amide bonds. The summed E-state index contributed by atoms with van der Waals surface area (Å²) in [6, 6.07) is 2.34. The van der Waals surface area contributed by atoms with Crippen molar-refractivity contribution < 1.29 is 45.4 Å². The highest BCUT2D eigenvalue weighted by molar-refractivity contribution is 9.10. The number of rotatable bonds is 5. The molecule has 18 heteroatoms. The highest BCUT2D eigenvalue weighted by atomic mass is 79.9. The zero-order chi connectivity index (χ0) is 33.4. The summed E-state index contributed by atoms with van der Waals surface area (Å²) in [5, 5.41) is 12.9. The van der Waals surface area contributed by atoms with Crippen molar-refractivity contribution in [2.45, 2.75) is 64.1 Å². The maximum Gasteiger partial charge on any atom is 0.490 e. The Bertz CT molecular complexity index is 1700. The Kier molecular flexibility index (Phi) is 9.77. The third-order valence-electron chi connectivity index (χ3n) is 7.41. The highest BCUT2D eigenvalue weighted by Crippen LogP contribution is 2.34. The molecule has 0 unspecified atom stereocenters. The van der Waals surface area contributed by atoms with Gasteiger partial charge in [0.15, 0.2) is 11.2 Å². The van der Waals surface area contributed by atoms with Crippen molar-refractivity contribution >= 4 is 50.3 Å². The van der Waals surface area contributed by atoms with E-state index in [4.69, 9.17) is 9.90 Å². The number of aromatic nitrogens is 3. The van der Waals surface area contributed by atoms with Crippen LogP contribution in [0.2, 0.25) is 0 Å². The van der Waals surface area contributed by atoms with Crippen molar-refractivity contribution in [3.05, 3.63) is 55.8 Å². The molecule has 1 saturated heterocycles. The van der Waals surface area contributed by atoms with Crippen LogP contribution in [0.5, 0.6) is 0 Å². The molecule has 3 N–H and O–H groups in total. The summed E-state index contributed by atoms with van der Waals surface area (Å²) in [6.07, 6.45) is -7.45. The lowest BCUT2D eigenvalue weighted by molar-refractivity contribution is -0.192. The smallest absolute Gasteiger partial charge is 0.475 e. The van der Waals surface area contributed by atoms with Crippen molar-refractivity contribution in [3.8, 4) is 0 Å². The van der Waals surface area contributed by atoms with E-state index < -0.39 is 35.6 Å². The van der Waals surface area contributed by atoms with Gasteiger partial charge in [0.05, 0.1) is 16.9 Å². The predicted octanol–water partition coefficient (Wildman–Crippen LogP) is 4.80. The summed E-state index contributed by atoms with van der Waals surface area (Å²) >= 11 is 3.34. The van der Waals surface area contributed by atoms with Crippen molar-refractivity contribution in [2.24, 2.45) is 0 Å². The number of fused-ring (bicyclic) bond motifs is 2. The zero-order valence-corrected chi connectivity index (χ0v) is 25.2. The van der Waals surface area contributed by atoms with Gasteiger partial charge < -0.3 is 25.2 Å². The molecule has 0 radical (unpaired) electrons. The van der Waals surface area contributed by atoms with Crippen LogP contribution in [0, 0.1) is 12.7 Å². The normalized spacial score (nSPS) is 18.0. The van der Waals surface area contributed by atoms with Gasteiger partial charge in [0, 0.05) is 30.9 Å². The van der Waals surface area contributed by atoms with Gasteiger partial charge in [-0.2, -0.15) is 26.3 Å². The summed E-state index contributed by atoms with van der Waals surface area (Å²) in [4.78, 5) is 46.9. The summed E-state index contributed by atoms with van der Waals surface area (Å²) in [7, 11) is 0. The molecule has 3 heterocycles. The summed E-state index contributed by atoms with van der Waals surface area (Å²) in [5.74, 6) is -4.64. The Hall–Kier alpha value is -3.80. The molecule has 244 valence electrons. The average molecular weight is 711 g/mol. The molecule has 2 atom stereocenters. The van der Waals surface area contributed by atoms with E-state index in [1.54, 1.807) is 11.5 Å². The van der Waals surface area contributed by atoms with E-state index >= 15 is 0 Å². The van der Waals surface area contributed by atoms with Crippen molar-refractivity contribution in [2.75, 3.05) is 23.3 Å². The van der Waals surface area contributed by atoms with Crippen LogP contribution in [0.1, 0.15) is 36.7 Å². The fourth-order valence-corrected chi connectivity index (χ4v) is 5.45. The number of pyridine rings is 1. The number of aliphatic carboxylic acids is 1. The molecule has 2 aliphatic rings. The molecule has 3 aromatic rings. The van der Waals surface area contributed by atoms with Crippen LogP contribution in [0.15, 0.2) is 27.6 Å². The number of alkyl halides is 6. The zero-order valence-electron chi connectivity index (χ0n) is 23.6. The SMILES string of the molecule is CCc1c(N2CCN[C@H]3CC[C@@H]32)c(=O)c2nc(Br)c(C)nc2n1CC(=O)Nc1ccc(C(F)(F)F)cc1F.O=C(O)C(F)(F)F. The van der Waals surface area contributed by atoms with E-state index in [1.165, 1.54) is 0 Å². The summed E-state index contributed by atoms with van der Waals surface area (Å²) in [6.45, 7) is 4.55. The first-order chi connectivity index (χ1) is 20.9. The largest absolute Gasteiger partial charge is 0.490 e. The first-order valence-corrected chi connectivity index (χ1v) is 14.3. The number of nitrogens with zero attached hydrogens (tertiary/aromatic N) is 4. The molecular weight excluding hydrogens is 685 g/mol. The molecule has 10 nitrogen and oxygen atoms in total. The maximum atomic E-state index is 14.4. The topological polar surface area (TPSA) is 129 Å². The third-order valence-corrected chi connectivity index (χ3v) is 8.16. The number of carbonyl (C=O) groups excluding carboxylic acids is 1. The number of benzene rings is 1. The van der Waals surface area contributed by atoms with Gasteiger partial charge in [-0.3, -0.25) is 9.59 Å². The Morgan fingerprint density at radius 3 is 2.36 bits per heavy atom. The summed E-state index contributed by atoms with van der Waals surface area (Å²) in [5.41, 5.74) is 0.0648. The lowest BCUT2D eigenvalue weighted by Crippen LogP contribution is -2.64. The molecule has 1 aliphatic heterocycles. The van der Waals surface area contributed by atoms with E-state index in [-0.39, 0.29) is 40.9 Å². The minimum absolute atomic E-state index is 0.0950. The fourth-order valence-electron chi connectivity index (χ4n) is 5.18. The van der Waals surface area contributed by atoms with Crippen molar-refractivity contribution in [1.82, 2.24) is 19.9 Å². The van der Waals surface area contributed by atoms with E-state index in [9.17, 15) is 40.3 Å². The first-order valence-electron chi connectivity index (χ1n) is 13.5. The molecule has 1 saturated carbocycles. The van der Waals surface area contributed by atoms with Gasteiger partial charge in [0.1, 0.15) is 22.7 Å². The van der Waals surface area contributed by atoms with Gasteiger partial charge in [-0.1, -0.05) is 6.92 Å². The van der Waals surface area contributed by atoms with Gasteiger partial charge >= 0.3 is 18.3 Å². The summed E-state index contributed by atoms with van der Waals surface area (Å²) < 4.78 is 86.9. The van der Waals surface area contributed by atoms with Crippen LogP contribution in [0.25, 0.3) is 11.2 Å². The molecule has 0 bridgehead atoms. The van der Waals surface area contributed by atoms with Gasteiger partial charge in [0.2, 0.25) is 11.3 Å². The number of amides is 1. The lowest BCUT2D eigenvalue weighted by Gasteiger charge is -2.50. The Morgan fingerprint density at radius 2 is 1.82 bits per heavy atom. The number of carbonyl (C=O) groups is 2. The second-order valence-corrected chi connectivity index (χ2v) is 11.0. The standard InChI is InChI=1S/C25H25BrF4N6O2.C2HF3O2/c1-3-17-21(35-9-8-31-16-6-7-18(16)35)22(38)20-24(32-12(2)23(26)34-20)36(17)11-19(37)33-15-5-4-13(10-14(15)27)25(28,29)30;3-2(4,5)1(6)7/h4-5,10,16,18,31H,3,6-9,11H2,1-2H3,(H,33,37);(H,6,7)/t16-,18-;/m0./s1. The van der Waals surface area contributed by atoms with E-state index in [0.717, 1.165) is 18.9 Å². The van der Waals surface area contributed by atoms with Gasteiger partial charge in [-0.15, -0.1) is 0 Å². The first kappa shape index (κ1) is 34.1. The molecule has 0 spiro atoms.